The molecule has 1 aliphatic rings. The molecule has 1 aromatic rings. The molecule has 0 radical (unpaired) electrons. The van der Waals surface area contributed by atoms with Gasteiger partial charge >= 0.3 is 0 Å². The lowest BCUT2D eigenvalue weighted by atomic mass is 9.79. The molecule has 6 heteroatoms. The predicted molar refractivity (Wildman–Crippen MR) is 83.5 cm³/mol. The summed E-state index contributed by atoms with van der Waals surface area (Å²) >= 11 is 5.20. The second kappa shape index (κ2) is 6.35. The zero-order valence-corrected chi connectivity index (χ0v) is 12.7. The van der Waals surface area contributed by atoms with Gasteiger partial charge in [0.15, 0.2) is 0 Å². The van der Waals surface area contributed by atoms with Gasteiger partial charge in [-0.1, -0.05) is 37.9 Å². The van der Waals surface area contributed by atoms with E-state index in [-0.39, 0.29) is 5.91 Å². The van der Waals surface area contributed by atoms with Gasteiger partial charge in [-0.3, -0.25) is 9.48 Å². The first-order chi connectivity index (χ1) is 9.58. The first kappa shape index (κ1) is 15.0. The molecule has 0 unspecified atom stereocenters. The number of carbonyl (C=O) groups is 1. The highest BCUT2D eigenvalue weighted by molar-refractivity contribution is 7.80. The Labute approximate surface area is 124 Å². The van der Waals surface area contributed by atoms with Crippen LogP contribution in [0.3, 0.4) is 0 Å². The molecule has 110 valence electrons. The van der Waals surface area contributed by atoms with Crippen LogP contribution >= 0.6 is 12.2 Å². The minimum absolute atomic E-state index is 0.0810. The van der Waals surface area contributed by atoms with E-state index in [1.807, 2.05) is 13.1 Å². The SMILES string of the molecule is CCn1cc(NC(=O)C2(C(N)=S)CCCCCC2)cn1. The smallest absolute Gasteiger partial charge is 0.237 e. The summed E-state index contributed by atoms with van der Waals surface area (Å²) < 4.78 is 1.77. The van der Waals surface area contributed by atoms with E-state index in [1.54, 1.807) is 10.9 Å². The van der Waals surface area contributed by atoms with Gasteiger partial charge in [-0.2, -0.15) is 5.10 Å². The molecule has 0 spiro atoms. The third kappa shape index (κ3) is 3.00. The number of nitrogens with zero attached hydrogens (tertiary/aromatic N) is 2. The molecular formula is C14H22N4OS. The van der Waals surface area contributed by atoms with Crippen LogP contribution in [0.4, 0.5) is 5.69 Å². The molecular weight excluding hydrogens is 272 g/mol. The van der Waals surface area contributed by atoms with Crippen molar-refractivity contribution in [3.8, 4) is 0 Å². The lowest BCUT2D eigenvalue weighted by Gasteiger charge is -2.29. The van der Waals surface area contributed by atoms with E-state index in [0.29, 0.717) is 10.7 Å². The van der Waals surface area contributed by atoms with Gasteiger partial charge in [0, 0.05) is 12.7 Å². The molecule has 3 N–H and O–H groups in total. The van der Waals surface area contributed by atoms with Crippen LogP contribution in [0.1, 0.15) is 45.4 Å². The summed E-state index contributed by atoms with van der Waals surface area (Å²) in [6.45, 7) is 2.77. The molecule has 0 aliphatic heterocycles. The molecule has 0 saturated heterocycles. The number of aromatic nitrogens is 2. The van der Waals surface area contributed by atoms with E-state index in [9.17, 15) is 4.79 Å². The quantitative estimate of drug-likeness (QED) is 0.661. The first-order valence-electron chi connectivity index (χ1n) is 7.22. The van der Waals surface area contributed by atoms with Crippen molar-refractivity contribution >= 4 is 28.8 Å². The summed E-state index contributed by atoms with van der Waals surface area (Å²) in [6.07, 6.45) is 9.26. The van der Waals surface area contributed by atoms with E-state index in [4.69, 9.17) is 18.0 Å². The lowest BCUT2D eigenvalue weighted by Crippen LogP contribution is -2.45. The number of amides is 1. The Morgan fingerprint density at radius 1 is 1.45 bits per heavy atom. The van der Waals surface area contributed by atoms with Crippen LogP contribution in [0.2, 0.25) is 0 Å². The number of nitrogens with two attached hydrogens (primary N) is 1. The Morgan fingerprint density at radius 3 is 2.60 bits per heavy atom. The molecule has 1 aromatic heterocycles. The minimum Gasteiger partial charge on any atom is -0.392 e. The Hall–Kier alpha value is -1.43. The number of hydrogen-bond donors (Lipinski definition) is 2. The van der Waals surface area contributed by atoms with Gasteiger partial charge in [-0.25, -0.2) is 0 Å². The van der Waals surface area contributed by atoms with Crippen molar-refractivity contribution in [2.24, 2.45) is 11.1 Å². The highest BCUT2D eigenvalue weighted by atomic mass is 32.1. The maximum atomic E-state index is 12.7. The van der Waals surface area contributed by atoms with Crippen molar-refractivity contribution in [3.63, 3.8) is 0 Å². The van der Waals surface area contributed by atoms with Crippen LogP contribution in [0, 0.1) is 5.41 Å². The molecule has 1 heterocycles. The Balaban J connectivity index is 2.16. The second-order valence-electron chi connectivity index (χ2n) is 5.40. The maximum absolute atomic E-state index is 12.7. The number of nitrogens with one attached hydrogen (secondary N) is 1. The average molecular weight is 294 g/mol. The summed E-state index contributed by atoms with van der Waals surface area (Å²) in [7, 11) is 0. The standard InChI is InChI=1S/C14H22N4OS/c1-2-18-10-11(9-16-18)17-13(19)14(12(15)20)7-5-3-4-6-8-14/h9-10H,2-8H2,1H3,(H2,15,20)(H,17,19). The molecule has 1 aliphatic carbocycles. The molecule has 0 bridgehead atoms. The lowest BCUT2D eigenvalue weighted by molar-refractivity contribution is -0.122. The van der Waals surface area contributed by atoms with E-state index >= 15 is 0 Å². The summed E-state index contributed by atoms with van der Waals surface area (Å²) in [5.41, 5.74) is 5.92. The van der Waals surface area contributed by atoms with Crippen LogP contribution < -0.4 is 11.1 Å². The Bertz CT molecular complexity index is 489. The van der Waals surface area contributed by atoms with Crippen LogP contribution in [0.5, 0.6) is 0 Å². The van der Waals surface area contributed by atoms with Crippen molar-refractivity contribution < 1.29 is 4.79 Å². The fraction of sp³-hybridized carbons (Fsp3) is 0.643. The van der Waals surface area contributed by atoms with Crippen molar-refractivity contribution in [1.29, 1.82) is 0 Å². The fourth-order valence-corrected chi connectivity index (χ4v) is 3.07. The third-order valence-corrected chi connectivity index (χ3v) is 4.47. The normalized spacial score (nSPS) is 18.2. The zero-order valence-electron chi connectivity index (χ0n) is 11.9. The van der Waals surface area contributed by atoms with E-state index in [0.717, 1.165) is 45.1 Å². The molecule has 20 heavy (non-hydrogen) atoms. The molecule has 2 rings (SSSR count). The van der Waals surface area contributed by atoms with Crippen LogP contribution in [0.25, 0.3) is 0 Å². The van der Waals surface area contributed by atoms with Gasteiger partial charge in [0.1, 0.15) is 0 Å². The fourth-order valence-electron chi connectivity index (χ4n) is 2.77. The third-order valence-electron chi connectivity index (χ3n) is 4.08. The predicted octanol–water partition coefficient (Wildman–Crippen LogP) is 2.47. The summed E-state index contributed by atoms with van der Waals surface area (Å²) in [5.74, 6) is -0.0810. The van der Waals surface area contributed by atoms with E-state index < -0.39 is 5.41 Å². The van der Waals surface area contributed by atoms with Crippen molar-refractivity contribution in [2.75, 3.05) is 5.32 Å². The number of rotatable bonds is 4. The number of carbonyl (C=O) groups excluding carboxylic acids is 1. The summed E-state index contributed by atoms with van der Waals surface area (Å²) in [5, 5.41) is 7.08. The Morgan fingerprint density at radius 2 is 2.10 bits per heavy atom. The van der Waals surface area contributed by atoms with Crippen LogP contribution in [0.15, 0.2) is 12.4 Å². The molecule has 1 amide bonds. The number of hydrogen-bond acceptors (Lipinski definition) is 3. The molecule has 1 saturated carbocycles. The monoisotopic (exact) mass is 294 g/mol. The van der Waals surface area contributed by atoms with Crippen molar-refractivity contribution in [1.82, 2.24) is 9.78 Å². The maximum Gasteiger partial charge on any atom is 0.237 e. The zero-order chi connectivity index (χ0) is 14.6. The van der Waals surface area contributed by atoms with Gasteiger partial charge in [-0.15, -0.1) is 0 Å². The summed E-state index contributed by atoms with van der Waals surface area (Å²) in [6, 6.07) is 0. The molecule has 5 nitrogen and oxygen atoms in total. The van der Waals surface area contributed by atoms with E-state index in [2.05, 4.69) is 10.4 Å². The topological polar surface area (TPSA) is 72.9 Å². The largest absolute Gasteiger partial charge is 0.392 e. The number of thiocarbonyl (C=S) groups is 1. The summed E-state index contributed by atoms with van der Waals surface area (Å²) in [4.78, 5) is 13.0. The van der Waals surface area contributed by atoms with Gasteiger partial charge in [0.25, 0.3) is 0 Å². The number of anilines is 1. The van der Waals surface area contributed by atoms with Crippen molar-refractivity contribution in [3.05, 3.63) is 12.4 Å². The van der Waals surface area contributed by atoms with Gasteiger partial charge in [0.2, 0.25) is 5.91 Å². The Kier molecular flexibility index (Phi) is 4.75. The van der Waals surface area contributed by atoms with E-state index in [1.165, 1.54) is 0 Å². The second-order valence-corrected chi connectivity index (χ2v) is 5.84. The average Bonchev–Trinajstić information content (AvgIpc) is 2.73. The van der Waals surface area contributed by atoms with Gasteiger partial charge in [0.05, 0.1) is 22.3 Å². The van der Waals surface area contributed by atoms with Crippen molar-refractivity contribution in [2.45, 2.75) is 52.0 Å². The first-order valence-corrected chi connectivity index (χ1v) is 7.63. The highest BCUT2D eigenvalue weighted by Gasteiger charge is 2.41. The molecule has 0 aromatic carbocycles. The highest BCUT2D eigenvalue weighted by Crippen LogP contribution is 2.36. The molecule has 1 fully saturated rings. The van der Waals surface area contributed by atoms with Gasteiger partial charge in [-0.05, 0) is 19.8 Å². The molecule has 0 atom stereocenters. The number of aryl methyl sites for hydroxylation is 1. The minimum atomic E-state index is -0.694. The van der Waals surface area contributed by atoms with Crippen LogP contribution in [-0.4, -0.2) is 20.7 Å². The van der Waals surface area contributed by atoms with Crippen LogP contribution in [-0.2, 0) is 11.3 Å². The van der Waals surface area contributed by atoms with Gasteiger partial charge < -0.3 is 11.1 Å².